The normalized spacial score (nSPS) is 10.8. The smallest absolute Gasteiger partial charge is 0.238 e. The standard InChI is InChI=1S/C16H27N3O3/c1-18(2)15-7-5-14(6-8-15)17-16(22)13-19(9-3-11-20)10-4-12-21/h5-8,20-21H,3-4,9-13H2,1-2H3,(H,17,22). The van der Waals surface area contributed by atoms with Crippen LogP contribution in [0.1, 0.15) is 12.8 Å². The van der Waals surface area contributed by atoms with Gasteiger partial charge in [0.05, 0.1) is 6.54 Å². The van der Waals surface area contributed by atoms with Crippen molar-refractivity contribution in [2.24, 2.45) is 0 Å². The molecule has 0 radical (unpaired) electrons. The molecule has 22 heavy (non-hydrogen) atoms. The molecule has 6 nitrogen and oxygen atoms in total. The van der Waals surface area contributed by atoms with Gasteiger partial charge >= 0.3 is 0 Å². The Labute approximate surface area is 132 Å². The molecule has 0 saturated carbocycles. The highest BCUT2D eigenvalue weighted by atomic mass is 16.3. The maximum atomic E-state index is 12.1. The number of hydrogen-bond donors (Lipinski definition) is 3. The van der Waals surface area contributed by atoms with Crippen LogP contribution in [-0.2, 0) is 4.79 Å². The Morgan fingerprint density at radius 3 is 2.05 bits per heavy atom. The fourth-order valence-corrected chi connectivity index (χ4v) is 2.11. The van der Waals surface area contributed by atoms with Gasteiger partial charge in [-0.3, -0.25) is 9.69 Å². The van der Waals surface area contributed by atoms with Crippen molar-refractivity contribution < 1.29 is 15.0 Å². The molecule has 0 aliphatic rings. The zero-order chi connectivity index (χ0) is 16.4. The van der Waals surface area contributed by atoms with E-state index in [2.05, 4.69) is 5.32 Å². The summed E-state index contributed by atoms with van der Waals surface area (Å²) in [4.78, 5) is 16.0. The summed E-state index contributed by atoms with van der Waals surface area (Å²) in [5, 5.41) is 20.7. The van der Waals surface area contributed by atoms with Crippen molar-refractivity contribution in [2.75, 3.05) is 57.2 Å². The molecule has 0 aliphatic heterocycles. The zero-order valence-corrected chi connectivity index (χ0v) is 13.5. The van der Waals surface area contributed by atoms with E-state index in [-0.39, 0.29) is 25.7 Å². The number of aliphatic hydroxyl groups is 2. The van der Waals surface area contributed by atoms with Crippen molar-refractivity contribution >= 4 is 17.3 Å². The third-order valence-electron chi connectivity index (χ3n) is 3.30. The number of benzene rings is 1. The molecule has 0 aromatic heterocycles. The first kappa shape index (κ1) is 18.4. The number of carbonyl (C=O) groups excluding carboxylic acids is 1. The van der Waals surface area contributed by atoms with Gasteiger partial charge in [-0.05, 0) is 37.1 Å². The van der Waals surface area contributed by atoms with E-state index < -0.39 is 0 Å². The fourth-order valence-electron chi connectivity index (χ4n) is 2.11. The van der Waals surface area contributed by atoms with Crippen LogP contribution in [-0.4, -0.2) is 68.0 Å². The highest BCUT2D eigenvalue weighted by Crippen LogP contribution is 2.15. The van der Waals surface area contributed by atoms with Gasteiger partial charge in [-0.25, -0.2) is 0 Å². The van der Waals surface area contributed by atoms with E-state index in [1.54, 1.807) is 0 Å². The lowest BCUT2D eigenvalue weighted by Gasteiger charge is -2.21. The lowest BCUT2D eigenvalue weighted by molar-refractivity contribution is -0.117. The van der Waals surface area contributed by atoms with E-state index in [0.717, 1.165) is 11.4 Å². The Balaban J connectivity index is 2.50. The largest absolute Gasteiger partial charge is 0.396 e. The Bertz CT molecular complexity index is 427. The van der Waals surface area contributed by atoms with Crippen molar-refractivity contribution in [3.8, 4) is 0 Å². The van der Waals surface area contributed by atoms with Gasteiger partial charge in [-0.15, -0.1) is 0 Å². The molecule has 1 rings (SSSR count). The van der Waals surface area contributed by atoms with Gasteiger partial charge in [-0.2, -0.15) is 0 Å². The lowest BCUT2D eigenvalue weighted by Crippen LogP contribution is -2.35. The van der Waals surface area contributed by atoms with Gasteiger partial charge < -0.3 is 20.4 Å². The second-order valence-electron chi connectivity index (χ2n) is 5.42. The molecular weight excluding hydrogens is 282 g/mol. The van der Waals surface area contributed by atoms with Crippen LogP contribution < -0.4 is 10.2 Å². The Morgan fingerprint density at radius 1 is 1.05 bits per heavy atom. The first-order valence-electron chi connectivity index (χ1n) is 7.58. The quantitative estimate of drug-likeness (QED) is 0.595. The highest BCUT2D eigenvalue weighted by Gasteiger charge is 2.10. The van der Waals surface area contributed by atoms with E-state index >= 15 is 0 Å². The second-order valence-corrected chi connectivity index (χ2v) is 5.42. The molecule has 0 bridgehead atoms. The third kappa shape index (κ3) is 6.89. The summed E-state index contributed by atoms with van der Waals surface area (Å²) in [6.07, 6.45) is 1.24. The van der Waals surface area contributed by atoms with Crippen LogP contribution in [0, 0.1) is 0 Å². The van der Waals surface area contributed by atoms with E-state index in [4.69, 9.17) is 10.2 Å². The zero-order valence-electron chi connectivity index (χ0n) is 13.5. The minimum absolute atomic E-state index is 0.0894. The van der Waals surface area contributed by atoms with Gasteiger partial charge in [0, 0.05) is 51.8 Å². The van der Waals surface area contributed by atoms with Gasteiger partial charge in [0.15, 0.2) is 0 Å². The van der Waals surface area contributed by atoms with Gasteiger partial charge in [-0.1, -0.05) is 0 Å². The molecule has 0 atom stereocenters. The molecular formula is C16H27N3O3. The van der Waals surface area contributed by atoms with Crippen molar-refractivity contribution in [1.82, 2.24) is 4.90 Å². The summed E-state index contributed by atoms with van der Waals surface area (Å²) < 4.78 is 0. The topological polar surface area (TPSA) is 76.0 Å². The van der Waals surface area contributed by atoms with Crippen LogP contribution in [0.15, 0.2) is 24.3 Å². The first-order chi connectivity index (χ1) is 10.6. The molecule has 3 N–H and O–H groups in total. The molecule has 0 saturated heterocycles. The van der Waals surface area contributed by atoms with Crippen LogP contribution in [0.25, 0.3) is 0 Å². The molecule has 124 valence electrons. The average molecular weight is 309 g/mol. The van der Waals surface area contributed by atoms with Crippen LogP contribution in [0.5, 0.6) is 0 Å². The summed E-state index contributed by atoms with van der Waals surface area (Å²) in [5.41, 5.74) is 1.84. The molecule has 0 fully saturated rings. The number of carbonyl (C=O) groups is 1. The third-order valence-corrected chi connectivity index (χ3v) is 3.30. The predicted molar refractivity (Wildman–Crippen MR) is 89.2 cm³/mol. The molecule has 0 spiro atoms. The minimum Gasteiger partial charge on any atom is -0.396 e. The number of nitrogens with one attached hydrogen (secondary N) is 1. The highest BCUT2D eigenvalue weighted by molar-refractivity contribution is 5.92. The number of nitrogens with zero attached hydrogens (tertiary/aromatic N) is 2. The summed E-state index contributed by atoms with van der Waals surface area (Å²) in [7, 11) is 3.93. The minimum atomic E-state index is -0.0894. The van der Waals surface area contributed by atoms with Crippen molar-refractivity contribution in [1.29, 1.82) is 0 Å². The molecule has 1 aromatic rings. The molecule has 0 heterocycles. The van der Waals surface area contributed by atoms with E-state index in [1.807, 2.05) is 48.2 Å². The first-order valence-corrected chi connectivity index (χ1v) is 7.58. The SMILES string of the molecule is CN(C)c1ccc(NC(=O)CN(CCCO)CCCO)cc1. The lowest BCUT2D eigenvalue weighted by atomic mass is 10.2. The monoisotopic (exact) mass is 309 g/mol. The maximum absolute atomic E-state index is 12.1. The number of anilines is 2. The molecule has 6 heteroatoms. The Hall–Kier alpha value is -1.63. The molecule has 1 amide bonds. The Kier molecular flexibility index (Phi) is 8.50. The fraction of sp³-hybridized carbons (Fsp3) is 0.562. The van der Waals surface area contributed by atoms with Crippen molar-refractivity contribution in [3.05, 3.63) is 24.3 Å². The van der Waals surface area contributed by atoms with Crippen molar-refractivity contribution in [3.63, 3.8) is 0 Å². The van der Waals surface area contributed by atoms with Crippen LogP contribution in [0.4, 0.5) is 11.4 Å². The summed E-state index contributed by atoms with van der Waals surface area (Å²) in [6.45, 7) is 1.74. The van der Waals surface area contributed by atoms with Gasteiger partial charge in [0.1, 0.15) is 0 Å². The van der Waals surface area contributed by atoms with Crippen LogP contribution >= 0.6 is 0 Å². The van der Waals surface area contributed by atoms with E-state index in [0.29, 0.717) is 25.9 Å². The van der Waals surface area contributed by atoms with Gasteiger partial charge in [0.2, 0.25) is 5.91 Å². The number of aliphatic hydroxyl groups excluding tert-OH is 2. The molecule has 1 aromatic carbocycles. The van der Waals surface area contributed by atoms with E-state index in [9.17, 15) is 4.79 Å². The number of hydrogen-bond acceptors (Lipinski definition) is 5. The summed E-state index contributed by atoms with van der Waals surface area (Å²) in [5.74, 6) is -0.0894. The maximum Gasteiger partial charge on any atom is 0.238 e. The number of amides is 1. The predicted octanol–water partition coefficient (Wildman–Crippen LogP) is 0.758. The number of rotatable bonds is 10. The molecule has 0 aliphatic carbocycles. The van der Waals surface area contributed by atoms with Crippen molar-refractivity contribution in [2.45, 2.75) is 12.8 Å². The molecule has 0 unspecified atom stereocenters. The van der Waals surface area contributed by atoms with Crippen LogP contribution in [0.3, 0.4) is 0 Å². The average Bonchev–Trinajstić information content (AvgIpc) is 2.50. The summed E-state index contributed by atoms with van der Waals surface area (Å²) in [6, 6.07) is 7.65. The second kappa shape index (κ2) is 10.2. The van der Waals surface area contributed by atoms with Gasteiger partial charge in [0.25, 0.3) is 0 Å². The van der Waals surface area contributed by atoms with E-state index in [1.165, 1.54) is 0 Å². The summed E-state index contributed by atoms with van der Waals surface area (Å²) >= 11 is 0. The van der Waals surface area contributed by atoms with Crippen LogP contribution in [0.2, 0.25) is 0 Å². The Morgan fingerprint density at radius 2 is 1.59 bits per heavy atom.